The van der Waals surface area contributed by atoms with E-state index in [1.807, 2.05) is 4.57 Å². The Morgan fingerprint density at radius 3 is 2.56 bits per heavy atom. The number of para-hydroxylation sites is 1. The molecule has 7 nitrogen and oxygen atoms in total. The molecule has 182 valence electrons. The first-order chi connectivity index (χ1) is 16.2. The topological polar surface area (TPSA) is 86.1 Å². The minimum atomic E-state index is -4.83. The fraction of sp³-hybridized carbons (Fsp3) is 0.391. The van der Waals surface area contributed by atoms with Crippen molar-refractivity contribution < 1.29 is 26.3 Å². The summed E-state index contributed by atoms with van der Waals surface area (Å²) in [5, 5.41) is 7.66. The molecular weight excluding hydrogens is 469 g/mol. The van der Waals surface area contributed by atoms with Crippen LogP contribution in [0.15, 0.2) is 60.0 Å². The van der Waals surface area contributed by atoms with Gasteiger partial charge in [0.05, 0.1) is 4.90 Å². The highest BCUT2D eigenvalue weighted by Crippen LogP contribution is 2.35. The van der Waals surface area contributed by atoms with Crippen molar-refractivity contribution >= 4 is 10.0 Å². The molecule has 11 heteroatoms. The number of hydrogen-bond donors (Lipinski definition) is 1. The zero-order valence-corrected chi connectivity index (χ0v) is 19.3. The second-order valence-electron chi connectivity index (χ2n) is 8.27. The van der Waals surface area contributed by atoms with Gasteiger partial charge in [0, 0.05) is 17.6 Å². The SMILES string of the molecule is CCc1cc(-c2ccccc2OC(F)(F)F)ccc1S(=O)(=O)NC1CCC[C@@H](n2cnnc2)C1. The third kappa shape index (κ3) is 5.58. The summed E-state index contributed by atoms with van der Waals surface area (Å²) in [5.74, 6) is -0.340. The number of hydrogen-bond acceptors (Lipinski definition) is 5. The summed E-state index contributed by atoms with van der Waals surface area (Å²) in [6.07, 6.45) is 1.96. The molecule has 4 rings (SSSR count). The largest absolute Gasteiger partial charge is 0.573 e. The summed E-state index contributed by atoms with van der Waals surface area (Å²) >= 11 is 0. The lowest BCUT2D eigenvalue weighted by Crippen LogP contribution is -2.39. The second kappa shape index (κ2) is 9.75. The average Bonchev–Trinajstić information content (AvgIpc) is 3.33. The maximum Gasteiger partial charge on any atom is 0.573 e. The molecule has 1 N–H and O–H groups in total. The van der Waals surface area contributed by atoms with Gasteiger partial charge in [-0.1, -0.05) is 31.2 Å². The first-order valence-corrected chi connectivity index (χ1v) is 12.5. The Kier molecular flexibility index (Phi) is 6.94. The van der Waals surface area contributed by atoms with Crippen LogP contribution in [0, 0.1) is 0 Å². The van der Waals surface area contributed by atoms with E-state index in [1.54, 1.807) is 31.7 Å². The van der Waals surface area contributed by atoms with Crippen LogP contribution < -0.4 is 9.46 Å². The smallest absolute Gasteiger partial charge is 0.405 e. The quantitative estimate of drug-likeness (QED) is 0.507. The van der Waals surface area contributed by atoms with E-state index in [-0.39, 0.29) is 28.3 Å². The van der Waals surface area contributed by atoms with Gasteiger partial charge in [-0.25, -0.2) is 13.1 Å². The van der Waals surface area contributed by atoms with Gasteiger partial charge >= 0.3 is 6.36 Å². The van der Waals surface area contributed by atoms with Gasteiger partial charge in [-0.3, -0.25) is 0 Å². The van der Waals surface area contributed by atoms with E-state index in [4.69, 9.17) is 0 Å². The monoisotopic (exact) mass is 494 g/mol. The molecule has 0 spiro atoms. The third-order valence-corrected chi connectivity index (χ3v) is 7.60. The van der Waals surface area contributed by atoms with Crippen LogP contribution in [0.2, 0.25) is 0 Å². The second-order valence-corrected chi connectivity index (χ2v) is 9.95. The Labute approximate surface area is 196 Å². The number of nitrogens with zero attached hydrogens (tertiary/aromatic N) is 3. The maximum absolute atomic E-state index is 13.3. The Bertz CT molecular complexity index is 1230. The number of sulfonamides is 1. The molecule has 3 aromatic rings. The van der Waals surface area contributed by atoms with E-state index < -0.39 is 16.4 Å². The van der Waals surface area contributed by atoms with Crippen LogP contribution in [0.3, 0.4) is 0 Å². The number of aromatic nitrogens is 3. The molecule has 1 saturated carbocycles. The summed E-state index contributed by atoms with van der Waals surface area (Å²) in [6.45, 7) is 1.80. The molecule has 0 saturated heterocycles. The van der Waals surface area contributed by atoms with Crippen LogP contribution in [0.5, 0.6) is 5.75 Å². The normalized spacial score (nSPS) is 19.2. The van der Waals surface area contributed by atoms with Crippen molar-refractivity contribution in [2.75, 3.05) is 0 Å². The molecule has 0 radical (unpaired) electrons. The number of halogens is 3. The lowest BCUT2D eigenvalue weighted by atomic mass is 9.91. The summed E-state index contributed by atoms with van der Waals surface area (Å²) in [7, 11) is -3.83. The third-order valence-electron chi connectivity index (χ3n) is 5.98. The number of ether oxygens (including phenoxy) is 1. The lowest BCUT2D eigenvalue weighted by molar-refractivity contribution is -0.274. The van der Waals surface area contributed by atoms with Crippen molar-refractivity contribution in [3.05, 3.63) is 60.7 Å². The van der Waals surface area contributed by atoms with E-state index in [0.717, 1.165) is 19.3 Å². The van der Waals surface area contributed by atoms with Gasteiger partial charge in [0.2, 0.25) is 10.0 Å². The number of aryl methyl sites for hydroxylation is 1. The van der Waals surface area contributed by atoms with Crippen molar-refractivity contribution in [2.45, 2.75) is 62.4 Å². The first-order valence-electron chi connectivity index (χ1n) is 11.0. The van der Waals surface area contributed by atoms with E-state index in [1.165, 1.54) is 30.3 Å². The van der Waals surface area contributed by atoms with Crippen LogP contribution in [0.1, 0.15) is 44.2 Å². The van der Waals surface area contributed by atoms with Crippen molar-refractivity contribution in [1.29, 1.82) is 0 Å². The van der Waals surface area contributed by atoms with Gasteiger partial charge in [-0.05, 0) is 61.4 Å². The van der Waals surface area contributed by atoms with Gasteiger partial charge in [-0.2, -0.15) is 0 Å². The Morgan fingerprint density at radius 1 is 1.12 bits per heavy atom. The summed E-state index contributed by atoms with van der Waals surface area (Å²) in [4.78, 5) is 0.124. The average molecular weight is 495 g/mol. The van der Waals surface area contributed by atoms with Crippen LogP contribution in [-0.2, 0) is 16.4 Å². The predicted octanol–water partition coefficient (Wildman–Crippen LogP) is 4.87. The standard InChI is InChI=1S/C23H25F3N4O3S/c1-2-16-12-17(20-8-3-4-9-21(20)33-23(24,25)26)10-11-22(16)34(31,32)29-18-6-5-7-19(13-18)30-14-27-28-15-30/h3-4,8-12,14-15,18-19,29H,2,5-7,13H2,1H3/t18?,19-/m1/s1. The fourth-order valence-electron chi connectivity index (χ4n) is 4.43. The summed E-state index contributed by atoms with van der Waals surface area (Å²) < 4.78 is 73.9. The van der Waals surface area contributed by atoms with Crippen molar-refractivity contribution in [2.24, 2.45) is 0 Å². The zero-order valence-electron chi connectivity index (χ0n) is 18.5. The molecule has 0 bridgehead atoms. The van der Waals surface area contributed by atoms with Crippen molar-refractivity contribution in [1.82, 2.24) is 19.5 Å². The van der Waals surface area contributed by atoms with Crippen molar-refractivity contribution in [3.63, 3.8) is 0 Å². The predicted molar refractivity (Wildman–Crippen MR) is 120 cm³/mol. The number of benzene rings is 2. The number of nitrogens with one attached hydrogen (secondary N) is 1. The molecule has 1 aliphatic rings. The first kappa shape index (κ1) is 24.2. The minimum absolute atomic E-state index is 0.120. The summed E-state index contributed by atoms with van der Waals surface area (Å²) in [6, 6.07) is 10.2. The van der Waals surface area contributed by atoms with Gasteiger partial charge < -0.3 is 9.30 Å². The van der Waals surface area contributed by atoms with Gasteiger partial charge in [0.15, 0.2) is 0 Å². The molecular formula is C23H25F3N4O3S. The Morgan fingerprint density at radius 2 is 1.85 bits per heavy atom. The highest BCUT2D eigenvalue weighted by atomic mass is 32.2. The minimum Gasteiger partial charge on any atom is -0.405 e. The van der Waals surface area contributed by atoms with Gasteiger partial charge in [0.1, 0.15) is 18.4 Å². The lowest BCUT2D eigenvalue weighted by Gasteiger charge is -2.30. The number of rotatable bonds is 7. The molecule has 0 aliphatic heterocycles. The van der Waals surface area contributed by atoms with Gasteiger partial charge in [-0.15, -0.1) is 23.4 Å². The number of alkyl halides is 3. The van der Waals surface area contributed by atoms with Crippen LogP contribution >= 0.6 is 0 Å². The molecule has 1 fully saturated rings. The van der Waals surface area contributed by atoms with E-state index in [0.29, 0.717) is 24.0 Å². The highest BCUT2D eigenvalue weighted by Gasteiger charge is 2.32. The van der Waals surface area contributed by atoms with Crippen LogP contribution in [0.4, 0.5) is 13.2 Å². The maximum atomic E-state index is 13.3. The van der Waals surface area contributed by atoms with Crippen molar-refractivity contribution in [3.8, 4) is 16.9 Å². The molecule has 2 aromatic carbocycles. The Hall–Kier alpha value is -2.92. The summed E-state index contributed by atoms with van der Waals surface area (Å²) in [5.41, 5.74) is 1.19. The molecule has 0 amide bonds. The molecule has 1 aliphatic carbocycles. The molecule has 34 heavy (non-hydrogen) atoms. The fourth-order valence-corrected chi connectivity index (χ4v) is 6.00. The van der Waals surface area contributed by atoms with Crippen LogP contribution in [-0.4, -0.2) is 35.6 Å². The van der Waals surface area contributed by atoms with Crippen LogP contribution in [0.25, 0.3) is 11.1 Å². The van der Waals surface area contributed by atoms with E-state index in [2.05, 4.69) is 19.7 Å². The van der Waals surface area contributed by atoms with E-state index in [9.17, 15) is 21.6 Å². The molecule has 1 unspecified atom stereocenters. The molecule has 1 aromatic heterocycles. The highest BCUT2D eigenvalue weighted by molar-refractivity contribution is 7.89. The molecule has 2 atom stereocenters. The Balaban J connectivity index is 1.58. The van der Waals surface area contributed by atoms with E-state index >= 15 is 0 Å². The zero-order chi connectivity index (χ0) is 24.3. The van der Waals surface area contributed by atoms with Gasteiger partial charge in [0.25, 0.3) is 0 Å². The molecule has 1 heterocycles.